The Hall–Kier alpha value is -1.36. The van der Waals surface area contributed by atoms with Crippen LogP contribution >= 0.6 is 0 Å². The molecule has 0 heterocycles. The number of rotatable bonds is 6. The van der Waals surface area contributed by atoms with Crippen LogP contribution in [0.15, 0.2) is 40.2 Å². The minimum atomic E-state index is -0.973. The fourth-order valence-corrected chi connectivity index (χ4v) is 3.64. The van der Waals surface area contributed by atoms with Crippen LogP contribution in [0.3, 0.4) is 0 Å². The van der Waals surface area contributed by atoms with Crippen molar-refractivity contribution in [2.24, 2.45) is 4.99 Å². The third-order valence-electron chi connectivity index (χ3n) is 3.84. The zero-order valence-electron chi connectivity index (χ0n) is 13.4. The van der Waals surface area contributed by atoms with Gasteiger partial charge in [-0.1, -0.05) is 37.5 Å². The second-order valence-electron chi connectivity index (χ2n) is 5.60. The molecule has 1 aliphatic carbocycles. The summed E-state index contributed by atoms with van der Waals surface area (Å²) in [7, 11) is -0.973. The van der Waals surface area contributed by atoms with Crippen molar-refractivity contribution in [3.63, 3.8) is 0 Å². The van der Waals surface area contributed by atoms with Gasteiger partial charge in [0, 0.05) is 23.2 Å². The lowest BCUT2D eigenvalue weighted by molar-refractivity contribution is 0.410. The van der Waals surface area contributed by atoms with Crippen molar-refractivity contribution < 1.29 is 4.21 Å². The molecule has 0 aromatic heterocycles. The highest BCUT2D eigenvalue weighted by Crippen LogP contribution is 2.17. The summed E-state index contributed by atoms with van der Waals surface area (Å²) in [5.41, 5.74) is 0. The number of nitrogens with zero attached hydrogens (tertiary/aromatic N) is 1. The number of aliphatic imine (C=N–C) groups is 1. The second kappa shape index (κ2) is 9.62. The van der Waals surface area contributed by atoms with Gasteiger partial charge >= 0.3 is 0 Å². The molecular formula is C17H27N3OS. The summed E-state index contributed by atoms with van der Waals surface area (Å²) in [4.78, 5) is 5.45. The van der Waals surface area contributed by atoms with Gasteiger partial charge in [-0.25, -0.2) is 0 Å². The smallest absolute Gasteiger partial charge is 0.191 e. The quantitative estimate of drug-likeness (QED) is 0.626. The van der Waals surface area contributed by atoms with Crippen LogP contribution in [0.25, 0.3) is 0 Å². The van der Waals surface area contributed by atoms with Gasteiger partial charge in [-0.3, -0.25) is 9.20 Å². The first-order valence-electron chi connectivity index (χ1n) is 8.28. The third kappa shape index (κ3) is 5.79. The van der Waals surface area contributed by atoms with E-state index >= 15 is 0 Å². The van der Waals surface area contributed by atoms with Crippen LogP contribution in [0.4, 0.5) is 0 Å². The lowest BCUT2D eigenvalue weighted by Gasteiger charge is -2.24. The monoisotopic (exact) mass is 321 g/mol. The van der Waals surface area contributed by atoms with Crippen LogP contribution in [0.5, 0.6) is 0 Å². The van der Waals surface area contributed by atoms with E-state index in [0.29, 0.717) is 18.3 Å². The average molecular weight is 321 g/mol. The van der Waals surface area contributed by atoms with Crippen molar-refractivity contribution in [1.82, 2.24) is 10.6 Å². The Kier molecular flexibility index (Phi) is 7.43. The number of hydrogen-bond acceptors (Lipinski definition) is 2. The van der Waals surface area contributed by atoms with Crippen molar-refractivity contribution in [2.75, 3.05) is 18.8 Å². The molecule has 1 atom stereocenters. The zero-order chi connectivity index (χ0) is 15.6. The van der Waals surface area contributed by atoms with Crippen molar-refractivity contribution >= 4 is 16.8 Å². The minimum absolute atomic E-state index is 0.533. The van der Waals surface area contributed by atoms with E-state index in [9.17, 15) is 4.21 Å². The molecule has 1 aromatic rings. The van der Waals surface area contributed by atoms with Gasteiger partial charge in [0.25, 0.3) is 0 Å². The van der Waals surface area contributed by atoms with Gasteiger partial charge in [0.15, 0.2) is 5.96 Å². The minimum Gasteiger partial charge on any atom is -0.357 e. The topological polar surface area (TPSA) is 53.5 Å². The van der Waals surface area contributed by atoms with E-state index < -0.39 is 10.8 Å². The Morgan fingerprint density at radius 3 is 2.64 bits per heavy atom. The van der Waals surface area contributed by atoms with E-state index in [4.69, 9.17) is 0 Å². The van der Waals surface area contributed by atoms with Gasteiger partial charge < -0.3 is 10.6 Å². The highest BCUT2D eigenvalue weighted by molar-refractivity contribution is 7.85. The summed E-state index contributed by atoms with van der Waals surface area (Å²) in [5.74, 6) is 1.42. The summed E-state index contributed by atoms with van der Waals surface area (Å²) in [6.45, 7) is 3.49. The molecule has 0 aliphatic heterocycles. The van der Waals surface area contributed by atoms with Crippen molar-refractivity contribution in [1.29, 1.82) is 0 Å². The maximum Gasteiger partial charge on any atom is 0.191 e. The predicted molar refractivity (Wildman–Crippen MR) is 93.7 cm³/mol. The number of hydrogen-bond donors (Lipinski definition) is 2. The zero-order valence-corrected chi connectivity index (χ0v) is 14.2. The van der Waals surface area contributed by atoms with Crippen molar-refractivity contribution in [2.45, 2.75) is 50.0 Å². The van der Waals surface area contributed by atoms with E-state index in [0.717, 1.165) is 17.4 Å². The Bertz CT molecular complexity index is 484. The molecule has 1 aromatic carbocycles. The SMILES string of the molecule is CCNC(=NCCS(=O)c1ccccc1)NC1CCCCC1. The van der Waals surface area contributed by atoms with Crippen LogP contribution in [0, 0.1) is 0 Å². The van der Waals surface area contributed by atoms with Gasteiger partial charge in [0.2, 0.25) is 0 Å². The number of guanidine groups is 1. The summed E-state index contributed by atoms with van der Waals surface area (Å²) in [6, 6.07) is 10.1. The molecule has 5 heteroatoms. The molecule has 0 spiro atoms. The van der Waals surface area contributed by atoms with Gasteiger partial charge in [0.05, 0.1) is 17.3 Å². The first kappa shape index (κ1) is 17.0. The maximum absolute atomic E-state index is 12.2. The second-order valence-corrected chi connectivity index (χ2v) is 7.17. The lowest BCUT2D eigenvalue weighted by Crippen LogP contribution is -2.44. The van der Waals surface area contributed by atoms with Gasteiger partial charge in [-0.15, -0.1) is 0 Å². The fourth-order valence-electron chi connectivity index (χ4n) is 2.69. The Morgan fingerprint density at radius 1 is 1.23 bits per heavy atom. The van der Waals surface area contributed by atoms with Crippen LogP contribution in [0.1, 0.15) is 39.0 Å². The van der Waals surface area contributed by atoms with Crippen LogP contribution in [0.2, 0.25) is 0 Å². The van der Waals surface area contributed by atoms with Crippen LogP contribution < -0.4 is 10.6 Å². The Balaban J connectivity index is 1.82. The summed E-state index contributed by atoms with van der Waals surface area (Å²) in [6.07, 6.45) is 6.40. The molecule has 122 valence electrons. The van der Waals surface area contributed by atoms with Gasteiger partial charge in [0.1, 0.15) is 0 Å². The third-order valence-corrected chi connectivity index (χ3v) is 5.19. The first-order valence-corrected chi connectivity index (χ1v) is 9.59. The molecular weight excluding hydrogens is 294 g/mol. The molecule has 1 aliphatic rings. The molecule has 1 unspecified atom stereocenters. The average Bonchev–Trinajstić information content (AvgIpc) is 2.56. The van der Waals surface area contributed by atoms with Crippen molar-refractivity contribution in [3.05, 3.63) is 30.3 Å². The molecule has 2 N–H and O–H groups in total. The van der Waals surface area contributed by atoms with E-state index in [1.54, 1.807) is 0 Å². The predicted octanol–water partition coefficient (Wildman–Crippen LogP) is 2.68. The molecule has 0 bridgehead atoms. The molecule has 22 heavy (non-hydrogen) atoms. The molecule has 0 saturated heterocycles. The molecule has 0 amide bonds. The van der Waals surface area contributed by atoms with E-state index in [1.165, 1.54) is 32.1 Å². The molecule has 1 saturated carbocycles. The van der Waals surface area contributed by atoms with Crippen molar-refractivity contribution in [3.8, 4) is 0 Å². The van der Waals surface area contributed by atoms with Gasteiger partial charge in [-0.2, -0.15) is 0 Å². The highest BCUT2D eigenvalue weighted by atomic mass is 32.2. The fraction of sp³-hybridized carbons (Fsp3) is 0.588. The Labute approximate surface area is 136 Å². The standard InChI is InChI=1S/C17H27N3OS/c1-2-18-17(20-15-9-5-3-6-10-15)19-13-14-22(21)16-11-7-4-8-12-16/h4,7-8,11-12,15H,2-3,5-6,9-10,13-14H2,1H3,(H2,18,19,20). The maximum atomic E-state index is 12.2. The Morgan fingerprint density at radius 2 is 1.95 bits per heavy atom. The largest absolute Gasteiger partial charge is 0.357 e. The molecule has 0 radical (unpaired) electrons. The normalized spacial score (nSPS) is 18.0. The summed E-state index contributed by atoms with van der Waals surface area (Å²) >= 11 is 0. The summed E-state index contributed by atoms with van der Waals surface area (Å²) < 4.78 is 12.2. The summed E-state index contributed by atoms with van der Waals surface area (Å²) in [5, 5.41) is 6.79. The molecule has 4 nitrogen and oxygen atoms in total. The molecule has 1 fully saturated rings. The number of nitrogens with one attached hydrogen (secondary N) is 2. The lowest BCUT2D eigenvalue weighted by atomic mass is 9.96. The van der Waals surface area contributed by atoms with Crippen LogP contribution in [-0.2, 0) is 10.8 Å². The van der Waals surface area contributed by atoms with Crippen LogP contribution in [-0.4, -0.2) is 35.1 Å². The molecule has 2 rings (SSSR count). The van der Waals surface area contributed by atoms with E-state index in [-0.39, 0.29) is 0 Å². The van der Waals surface area contributed by atoms with E-state index in [2.05, 4.69) is 22.5 Å². The van der Waals surface area contributed by atoms with Gasteiger partial charge in [-0.05, 0) is 31.9 Å². The highest BCUT2D eigenvalue weighted by Gasteiger charge is 2.14. The van der Waals surface area contributed by atoms with E-state index in [1.807, 2.05) is 30.3 Å². The first-order chi connectivity index (χ1) is 10.8. The number of benzene rings is 1.